The van der Waals surface area contributed by atoms with Crippen molar-refractivity contribution in [3.63, 3.8) is 0 Å². The molecule has 2 heterocycles. The molecule has 6 nitrogen and oxygen atoms in total. The molecule has 3 aliphatic rings. The lowest BCUT2D eigenvalue weighted by atomic mass is 9.82. The van der Waals surface area contributed by atoms with E-state index in [1.807, 2.05) is 0 Å². The quantitative estimate of drug-likeness (QED) is 0.624. The summed E-state index contributed by atoms with van der Waals surface area (Å²) in [5, 5.41) is 3.63. The van der Waals surface area contributed by atoms with Crippen LogP contribution >= 0.6 is 0 Å². The lowest BCUT2D eigenvalue weighted by molar-refractivity contribution is -0.127. The van der Waals surface area contributed by atoms with Gasteiger partial charge in [-0.2, -0.15) is 0 Å². The number of nitrogens with one attached hydrogen (secondary N) is 1. The van der Waals surface area contributed by atoms with E-state index in [0.29, 0.717) is 6.04 Å². The highest BCUT2D eigenvalue weighted by molar-refractivity contribution is 5.85. The van der Waals surface area contributed by atoms with Gasteiger partial charge in [-0.05, 0) is 37.5 Å². The fraction of sp³-hybridized carbons (Fsp3) is 0.889. The summed E-state index contributed by atoms with van der Waals surface area (Å²) >= 11 is 0. The molecule has 3 rings (SSSR count). The Labute approximate surface area is 145 Å². The first kappa shape index (κ1) is 17.5. The van der Waals surface area contributed by atoms with Crippen LogP contribution in [0.5, 0.6) is 0 Å². The second-order valence-electron chi connectivity index (χ2n) is 7.67. The van der Waals surface area contributed by atoms with E-state index in [4.69, 9.17) is 4.74 Å². The van der Waals surface area contributed by atoms with Crippen LogP contribution in [0.1, 0.15) is 38.5 Å². The van der Waals surface area contributed by atoms with E-state index in [-0.39, 0.29) is 12.5 Å². The Morgan fingerprint density at radius 2 is 1.75 bits per heavy atom. The Morgan fingerprint density at radius 3 is 2.33 bits per heavy atom. The Hall–Kier alpha value is -1.30. The molecular weight excluding hydrogens is 304 g/mol. The summed E-state index contributed by atoms with van der Waals surface area (Å²) in [7, 11) is 3.57. The predicted octanol–water partition coefficient (Wildman–Crippen LogP) is 1.32. The van der Waals surface area contributed by atoms with Gasteiger partial charge in [0.2, 0.25) is 5.91 Å². The molecule has 0 radical (unpaired) electrons. The molecule has 6 heteroatoms. The van der Waals surface area contributed by atoms with Gasteiger partial charge >= 0.3 is 0 Å². The average molecular weight is 336 g/mol. The first-order chi connectivity index (χ1) is 11.6. The molecule has 0 aromatic heterocycles. The molecule has 24 heavy (non-hydrogen) atoms. The van der Waals surface area contributed by atoms with Gasteiger partial charge in [-0.3, -0.25) is 4.79 Å². The average Bonchev–Trinajstić information content (AvgIpc) is 3.03. The number of aliphatic imine (C=N–C) groups is 1. The summed E-state index contributed by atoms with van der Waals surface area (Å²) in [6.07, 6.45) is 7.47. The van der Waals surface area contributed by atoms with E-state index in [2.05, 4.69) is 15.2 Å². The molecular formula is C18H32N4O2. The van der Waals surface area contributed by atoms with Crippen molar-refractivity contribution >= 4 is 11.9 Å². The van der Waals surface area contributed by atoms with E-state index >= 15 is 0 Å². The van der Waals surface area contributed by atoms with Gasteiger partial charge in [0.1, 0.15) is 6.54 Å². The largest absolute Gasteiger partial charge is 0.381 e. The number of carbonyl (C=O) groups excluding carboxylic acids is 1. The maximum atomic E-state index is 12.0. The molecule has 2 saturated heterocycles. The lowest BCUT2D eigenvalue weighted by Gasteiger charge is -2.29. The first-order valence-electron chi connectivity index (χ1n) is 9.47. The van der Waals surface area contributed by atoms with Crippen LogP contribution in [0.15, 0.2) is 4.99 Å². The van der Waals surface area contributed by atoms with Gasteiger partial charge in [0.05, 0.1) is 0 Å². The Bertz CT molecular complexity index is 446. The number of rotatable bonds is 3. The maximum Gasteiger partial charge on any atom is 0.243 e. The van der Waals surface area contributed by atoms with E-state index < -0.39 is 0 Å². The normalized spacial score (nSPS) is 28.6. The van der Waals surface area contributed by atoms with Crippen LogP contribution in [0.4, 0.5) is 0 Å². The molecule has 1 aliphatic carbocycles. The van der Waals surface area contributed by atoms with E-state index in [1.54, 1.807) is 19.0 Å². The molecule has 2 atom stereocenters. The van der Waals surface area contributed by atoms with Crippen LogP contribution < -0.4 is 5.32 Å². The summed E-state index contributed by atoms with van der Waals surface area (Å²) in [5.41, 5.74) is 0. The molecule has 0 bridgehead atoms. The molecule has 1 N–H and O–H groups in total. The van der Waals surface area contributed by atoms with Crippen LogP contribution in [0.2, 0.25) is 0 Å². The van der Waals surface area contributed by atoms with E-state index in [9.17, 15) is 4.79 Å². The zero-order chi connectivity index (χ0) is 16.9. The molecule has 1 saturated carbocycles. The number of guanidine groups is 1. The van der Waals surface area contributed by atoms with Gasteiger partial charge in [0, 0.05) is 46.4 Å². The van der Waals surface area contributed by atoms with Gasteiger partial charge in [-0.1, -0.05) is 12.8 Å². The number of amides is 1. The van der Waals surface area contributed by atoms with Crippen molar-refractivity contribution in [2.45, 2.75) is 44.6 Å². The molecule has 136 valence electrons. The van der Waals surface area contributed by atoms with Crippen LogP contribution in [0.3, 0.4) is 0 Å². The van der Waals surface area contributed by atoms with Crippen molar-refractivity contribution in [2.75, 3.05) is 46.9 Å². The van der Waals surface area contributed by atoms with Gasteiger partial charge in [0.15, 0.2) is 5.96 Å². The smallest absolute Gasteiger partial charge is 0.243 e. The van der Waals surface area contributed by atoms with Gasteiger partial charge in [-0.15, -0.1) is 0 Å². The molecule has 2 unspecified atom stereocenters. The monoisotopic (exact) mass is 336 g/mol. The van der Waals surface area contributed by atoms with Gasteiger partial charge < -0.3 is 19.9 Å². The van der Waals surface area contributed by atoms with Gasteiger partial charge in [-0.25, -0.2) is 4.99 Å². The van der Waals surface area contributed by atoms with Crippen molar-refractivity contribution < 1.29 is 9.53 Å². The lowest BCUT2D eigenvalue weighted by Crippen LogP contribution is -2.47. The third-order valence-corrected chi connectivity index (χ3v) is 5.69. The van der Waals surface area contributed by atoms with Crippen molar-refractivity contribution in [2.24, 2.45) is 16.8 Å². The molecule has 2 aliphatic heterocycles. The standard InChI is InChI=1S/C18H32N4O2/c1-21(2)17(23)11-19-18(20-16-7-9-24-10-8-16)22-12-14-5-3-4-6-15(14)13-22/h14-16H,3-13H2,1-2H3,(H,19,20). The van der Waals surface area contributed by atoms with Gasteiger partial charge in [0.25, 0.3) is 0 Å². The number of likely N-dealkylation sites (N-methyl/N-ethyl adjacent to an activating group) is 1. The zero-order valence-corrected chi connectivity index (χ0v) is 15.2. The fourth-order valence-corrected chi connectivity index (χ4v) is 4.12. The maximum absolute atomic E-state index is 12.0. The minimum Gasteiger partial charge on any atom is -0.381 e. The second-order valence-corrected chi connectivity index (χ2v) is 7.67. The number of likely N-dealkylation sites (tertiary alicyclic amines) is 1. The fourth-order valence-electron chi connectivity index (χ4n) is 4.12. The van der Waals surface area contributed by atoms with Crippen LogP contribution in [0, 0.1) is 11.8 Å². The summed E-state index contributed by atoms with van der Waals surface area (Å²) in [6, 6.07) is 0.412. The van der Waals surface area contributed by atoms with Crippen LogP contribution in [0.25, 0.3) is 0 Å². The molecule has 3 fully saturated rings. The van der Waals surface area contributed by atoms with Crippen molar-refractivity contribution in [1.29, 1.82) is 0 Å². The highest BCUT2D eigenvalue weighted by Crippen LogP contribution is 2.36. The molecule has 0 aromatic carbocycles. The SMILES string of the molecule is CN(C)C(=O)CN=C(NC1CCOCC1)N1CC2CCCCC2C1. The van der Waals surface area contributed by atoms with Crippen molar-refractivity contribution in [3.05, 3.63) is 0 Å². The highest BCUT2D eigenvalue weighted by Gasteiger charge is 2.36. The number of hydrogen-bond donors (Lipinski definition) is 1. The molecule has 0 aromatic rings. The highest BCUT2D eigenvalue weighted by atomic mass is 16.5. The molecule has 0 spiro atoms. The Kier molecular flexibility index (Phi) is 5.98. The number of ether oxygens (including phenoxy) is 1. The molecule has 1 amide bonds. The predicted molar refractivity (Wildman–Crippen MR) is 95.0 cm³/mol. The van der Waals surface area contributed by atoms with E-state index in [0.717, 1.165) is 56.9 Å². The minimum atomic E-state index is 0.0536. The van der Waals surface area contributed by atoms with Crippen molar-refractivity contribution in [3.8, 4) is 0 Å². The minimum absolute atomic E-state index is 0.0536. The Balaban J connectivity index is 1.66. The summed E-state index contributed by atoms with van der Waals surface area (Å²) in [6.45, 7) is 4.04. The number of hydrogen-bond acceptors (Lipinski definition) is 3. The van der Waals surface area contributed by atoms with E-state index in [1.165, 1.54) is 25.7 Å². The Morgan fingerprint density at radius 1 is 1.12 bits per heavy atom. The number of fused-ring (bicyclic) bond motifs is 1. The van der Waals surface area contributed by atoms with Crippen LogP contribution in [-0.2, 0) is 9.53 Å². The first-order valence-corrected chi connectivity index (χ1v) is 9.47. The zero-order valence-electron chi connectivity index (χ0n) is 15.2. The third kappa shape index (κ3) is 4.41. The summed E-state index contributed by atoms with van der Waals surface area (Å²) < 4.78 is 5.46. The third-order valence-electron chi connectivity index (χ3n) is 5.69. The second kappa shape index (κ2) is 8.19. The summed E-state index contributed by atoms with van der Waals surface area (Å²) in [4.78, 5) is 20.6. The van der Waals surface area contributed by atoms with Crippen LogP contribution in [-0.4, -0.2) is 74.7 Å². The van der Waals surface area contributed by atoms with Crippen molar-refractivity contribution in [1.82, 2.24) is 15.1 Å². The number of nitrogens with zero attached hydrogens (tertiary/aromatic N) is 3. The summed E-state index contributed by atoms with van der Waals surface area (Å²) in [5.74, 6) is 2.61. The topological polar surface area (TPSA) is 57.2 Å². The number of carbonyl (C=O) groups is 1.